The Morgan fingerprint density at radius 1 is 1.47 bits per heavy atom. The summed E-state index contributed by atoms with van der Waals surface area (Å²) in [4.78, 5) is 10.7. The number of unbranched alkanes of at least 4 members (excludes halogenated alkanes) is 1. The SMILES string of the molecule is CC(C)COCCCCC(C)(N)C(=O)O. The summed E-state index contributed by atoms with van der Waals surface area (Å²) in [5, 5.41) is 8.76. The van der Waals surface area contributed by atoms with Gasteiger partial charge in [0.1, 0.15) is 5.54 Å². The Kier molecular flexibility index (Phi) is 6.52. The van der Waals surface area contributed by atoms with E-state index in [2.05, 4.69) is 13.8 Å². The maximum absolute atomic E-state index is 10.7. The first-order valence-electron chi connectivity index (χ1n) is 5.46. The van der Waals surface area contributed by atoms with E-state index in [1.807, 2.05) is 0 Å². The molecule has 0 saturated heterocycles. The second-order valence-electron chi connectivity index (χ2n) is 4.65. The van der Waals surface area contributed by atoms with Crippen LogP contribution in [0.15, 0.2) is 0 Å². The van der Waals surface area contributed by atoms with E-state index in [9.17, 15) is 4.79 Å². The van der Waals surface area contributed by atoms with E-state index in [0.29, 0.717) is 18.9 Å². The zero-order valence-electron chi connectivity index (χ0n) is 9.95. The van der Waals surface area contributed by atoms with Gasteiger partial charge < -0.3 is 15.6 Å². The van der Waals surface area contributed by atoms with Crippen molar-refractivity contribution < 1.29 is 14.6 Å². The molecule has 0 heterocycles. The van der Waals surface area contributed by atoms with Crippen molar-refractivity contribution in [3.8, 4) is 0 Å². The number of aliphatic carboxylic acids is 1. The predicted octanol–water partition coefficient (Wildman–Crippen LogP) is 1.63. The highest BCUT2D eigenvalue weighted by Crippen LogP contribution is 2.10. The summed E-state index contributed by atoms with van der Waals surface area (Å²) in [5.74, 6) is -0.394. The molecule has 15 heavy (non-hydrogen) atoms. The van der Waals surface area contributed by atoms with Gasteiger partial charge in [-0.3, -0.25) is 4.79 Å². The highest BCUT2D eigenvalue weighted by atomic mass is 16.5. The largest absolute Gasteiger partial charge is 0.480 e. The molecule has 0 aromatic heterocycles. The normalized spacial score (nSPS) is 15.3. The molecule has 0 radical (unpaired) electrons. The van der Waals surface area contributed by atoms with Crippen LogP contribution in [0, 0.1) is 5.92 Å². The van der Waals surface area contributed by atoms with E-state index in [-0.39, 0.29) is 0 Å². The van der Waals surface area contributed by atoms with Crippen LogP contribution in [0.2, 0.25) is 0 Å². The smallest absolute Gasteiger partial charge is 0.323 e. The molecule has 4 nitrogen and oxygen atoms in total. The van der Waals surface area contributed by atoms with Crippen molar-refractivity contribution in [1.82, 2.24) is 0 Å². The number of hydrogen-bond acceptors (Lipinski definition) is 3. The number of nitrogens with two attached hydrogens (primary N) is 1. The van der Waals surface area contributed by atoms with Crippen molar-refractivity contribution in [2.45, 2.75) is 45.6 Å². The first-order valence-corrected chi connectivity index (χ1v) is 5.46. The Balaban J connectivity index is 3.43. The molecule has 0 fully saturated rings. The van der Waals surface area contributed by atoms with Crippen LogP contribution >= 0.6 is 0 Å². The number of rotatable bonds is 8. The third-order valence-electron chi connectivity index (χ3n) is 2.17. The van der Waals surface area contributed by atoms with Crippen molar-refractivity contribution in [3.05, 3.63) is 0 Å². The number of carbonyl (C=O) groups is 1. The fourth-order valence-corrected chi connectivity index (χ4v) is 1.12. The Labute approximate surface area is 91.8 Å². The molecule has 1 atom stereocenters. The van der Waals surface area contributed by atoms with E-state index >= 15 is 0 Å². The summed E-state index contributed by atoms with van der Waals surface area (Å²) >= 11 is 0. The first kappa shape index (κ1) is 14.4. The number of carboxylic acids is 1. The average Bonchev–Trinajstić information content (AvgIpc) is 2.10. The molecule has 0 saturated carbocycles. The van der Waals surface area contributed by atoms with Gasteiger partial charge >= 0.3 is 5.97 Å². The second-order valence-corrected chi connectivity index (χ2v) is 4.65. The molecule has 0 aromatic rings. The summed E-state index contributed by atoms with van der Waals surface area (Å²) in [6.45, 7) is 7.19. The maximum Gasteiger partial charge on any atom is 0.323 e. The van der Waals surface area contributed by atoms with E-state index in [4.69, 9.17) is 15.6 Å². The summed E-state index contributed by atoms with van der Waals surface area (Å²) < 4.78 is 5.38. The molecule has 1 unspecified atom stereocenters. The second kappa shape index (κ2) is 6.80. The molecule has 3 N–H and O–H groups in total. The fraction of sp³-hybridized carbons (Fsp3) is 0.909. The van der Waals surface area contributed by atoms with Gasteiger partial charge in [0.2, 0.25) is 0 Å². The van der Waals surface area contributed by atoms with E-state index in [1.54, 1.807) is 6.92 Å². The van der Waals surface area contributed by atoms with E-state index < -0.39 is 11.5 Å². The zero-order valence-corrected chi connectivity index (χ0v) is 9.95. The van der Waals surface area contributed by atoms with Crippen molar-refractivity contribution >= 4 is 5.97 Å². The van der Waals surface area contributed by atoms with Crippen LogP contribution in [-0.4, -0.2) is 29.8 Å². The third kappa shape index (κ3) is 7.33. The Morgan fingerprint density at radius 2 is 2.07 bits per heavy atom. The minimum absolute atomic E-state index is 0.493. The summed E-state index contributed by atoms with van der Waals surface area (Å²) in [7, 11) is 0. The van der Waals surface area contributed by atoms with Crippen LogP contribution in [0.3, 0.4) is 0 Å². The lowest BCUT2D eigenvalue weighted by atomic mass is 9.97. The Bertz CT molecular complexity index is 190. The monoisotopic (exact) mass is 217 g/mol. The topological polar surface area (TPSA) is 72.5 Å². The van der Waals surface area contributed by atoms with Gasteiger partial charge in [0.15, 0.2) is 0 Å². The fourth-order valence-electron chi connectivity index (χ4n) is 1.12. The molecule has 0 bridgehead atoms. The molecule has 0 aliphatic heterocycles. The van der Waals surface area contributed by atoms with Gasteiger partial charge in [-0.05, 0) is 32.1 Å². The van der Waals surface area contributed by atoms with Crippen LogP contribution in [-0.2, 0) is 9.53 Å². The van der Waals surface area contributed by atoms with Gasteiger partial charge in [-0.15, -0.1) is 0 Å². The summed E-state index contributed by atoms with van der Waals surface area (Å²) in [6, 6.07) is 0. The van der Waals surface area contributed by atoms with Crippen molar-refractivity contribution in [1.29, 1.82) is 0 Å². The van der Waals surface area contributed by atoms with E-state index in [1.165, 1.54) is 0 Å². The van der Waals surface area contributed by atoms with Crippen LogP contribution in [0.5, 0.6) is 0 Å². The van der Waals surface area contributed by atoms with Gasteiger partial charge in [0.05, 0.1) is 0 Å². The highest BCUT2D eigenvalue weighted by Gasteiger charge is 2.26. The first-order chi connectivity index (χ1) is 6.86. The molecule has 0 amide bonds. The Morgan fingerprint density at radius 3 is 2.53 bits per heavy atom. The van der Waals surface area contributed by atoms with Gasteiger partial charge in [-0.1, -0.05) is 13.8 Å². The standard InChI is InChI=1S/C11H23NO3/c1-9(2)8-15-7-5-4-6-11(3,12)10(13)14/h9H,4-8,12H2,1-3H3,(H,13,14). The van der Waals surface area contributed by atoms with Crippen LogP contribution in [0.25, 0.3) is 0 Å². The minimum atomic E-state index is -1.10. The summed E-state index contributed by atoms with van der Waals surface area (Å²) in [6.07, 6.45) is 2.15. The number of hydrogen-bond donors (Lipinski definition) is 2. The molecular weight excluding hydrogens is 194 g/mol. The molecule has 4 heteroatoms. The lowest BCUT2D eigenvalue weighted by Crippen LogP contribution is -2.44. The van der Waals surface area contributed by atoms with Crippen LogP contribution in [0.4, 0.5) is 0 Å². The van der Waals surface area contributed by atoms with Gasteiger partial charge in [0.25, 0.3) is 0 Å². The zero-order chi connectivity index (χ0) is 11.9. The predicted molar refractivity (Wildman–Crippen MR) is 59.7 cm³/mol. The molecule has 0 spiro atoms. The van der Waals surface area contributed by atoms with Crippen LogP contribution < -0.4 is 5.73 Å². The molecule has 0 rings (SSSR count). The molecule has 90 valence electrons. The average molecular weight is 217 g/mol. The molecular formula is C11H23NO3. The molecule has 0 aromatic carbocycles. The Hall–Kier alpha value is -0.610. The maximum atomic E-state index is 10.7. The van der Waals surface area contributed by atoms with Crippen LogP contribution in [0.1, 0.15) is 40.0 Å². The lowest BCUT2D eigenvalue weighted by Gasteiger charge is -2.18. The molecule has 0 aliphatic carbocycles. The highest BCUT2D eigenvalue weighted by molar-refractivity contribution is 5.77. The minimum Gasteiger partial charge on any atom is -0.480 e. The van der Waals surface area contributed by atoms with Gasteiger partial charge in [-0.25, -0.2) is 0 Å². The quantitative estimate of drug-likeness (QED) is 0.606. The van der Waals surface area contributed by atoms with Gasteiger partial charge in [0, 0.05) is 13.2 Å². The summed E-state index contributed by atoms with van der Waals surface area (Å²) in [5.41, 5.74) is 4.48. The third-order valence-corrected chi connectivity index (χ3v) is 2.17. The number of carboxylic acid groups (broad SMARTS) is 1. The van der Waals surface area contributed by atoms with Gasteiger partial charge in [-0.2, -0.15) is 0 Å². The molecule has 0 aliphatic rings. The van der Waals surface area contributed by atoms with E-state index in [0.717, 1.165) is 19.4 Å². The van der Waals surface area contributed by atoms with Crippen molar-refractivity contribution in [3.63, 3.8) is 0 Å². The lowest BCUT2D eigenvalue weighted by molar-refractivity contribution is -0.142. The number of ether oxygens (including phenoxy) is 1. The van der Waals surface area contributed by atoms with Crippen molar-refractivity contribution in [2.24, 2.45) is 11.7 Å². The van der Waals surface area contributed by atoms with Crippen molar-refractivity contribution in [2.75, 3.05) is 13.2 Å².